The Morgan fingerprint density at radius 2 is 2.11 bits per heavy atom. The number of nitrogen functional groups attached to an aromatic ring is 1. The number of hydrogen-bond donors (Lipinski definition) is 3. The van der Waals surface area contributed by atoms with Crippen molar-refractivity contribution in [3.8, 4) is 0 Å². The molecule has 0 bridgehead atoms. The van der Waals surface area contributed by atoms with E-state index in [1.54, 1.807) is 0 Å². The number of aliphatic hydroxyl groups is 1. The molecule has 7 nitrogen and oxygen atoms in total. The normalized spacial score (nSPS) is 19.2. The topological polar surface area (TPSA) is 115 Å². The van der Waals surface area contributed by atoms with Crippen molar-refractivity contribution in [1.82, 2.24) is 9.71 Å². The molecule has 0 aromatic carbocycles. The standard InChI is InChI=1S/C11H17N3O4S/c12-10-2-1-9(7-13-10)19(16,17)14-8-11(15)3-5-18-6-4-11/h1-2,7,14-15H,3-6,8H2,(H2,12,13). The van der Waals surface area contributed by atoms with E-state index >= 15 is 0 Å². The van der Waals surface area contributed by atoms with E-state index in [0.717, 1.165) is 0 Å². The molecule has 0 radical (unpaired) electrons. The van der Waals surface area contributed by atoms with Crippen LogP contribution in [0.15, 0.2) is 23.2 Å². The van der Waals surface area contributed by atoms with Crippen molar-refractivity contribution in [2.24, 2.45) is 0 Å². The summed E-state index contributed by atoms with van der Waals surface area (Å²) < 4.78 is 31.5. The smallest absolute Gasteiger partial charge is 0.242 e. The van der Waals surface area contributed by atoms with Gasteiger partial charge in [-0.1, -0.05) is 0 Å². The summed E-state index contributed by atoms with van der Waals surface area (Å²) in [5.74, 6) is 0.252. The van der Waals surface area contributed by atoms with Crippen LogP contribution < -0.4 is 10.5 Å². The van der Waals surface area contributed by atoms with Crippen molar-refractivity contribution < 1.29 is 18.3 Å². The maximum absolute atomic E-state index is 12.0. The van der Waals surface area contributed by atoms with Crippen LogP contribution in [0.5, 0.6) is 0 Å². The highest BCUT2D eigenvalue weighted by Crippen LogP contribution is 2.20. The molecule has 0 saturated carbocycles. The number of pyridine rings is 1. The highest BCUT2D eigenvalue weighted by molar-refractivity contribution is 7.89. The number of nitrogens with one attached hydrogen (secondary N) is 1. The molecule has 106 valence electrons. The van der Waals surface area contributed by atoms with Gasteiger partial charge in [0.1, 0.15) is 10.7 Å². The Hall–Kier alpha value is -1.22. The van der Waals surface area contributed by atoms with Gasteiger partial charge in [-0.3, -0.25) is 0 Å². The second-order valence-electron chi connectivity index (χ2n) is 4.58. The minimum Gasteiger partial charge on any atom is -0.388 e. The van der Waals surface area contributed by atoms with Gasteiger partial charge in [0.05, 0.1) is 5.60 Å². The lowest BCUT2D eigenvalue weighted by atomic mass is 9.95. The van der Waals surface area contributed by atoms with E-state index in [1.165, 1.54) is 18.3 Å². The summed E-state index contributed by atoms with van der Waals surface area (Å²) >= 11 is 0. The van der Waals surface area contributed by atoms with Crippen LogP contribution in [0.25, 0.3) is 0 Å². The summed E-state index contributed by atoms with van der Waals surface area (Å²) in [6.07, 6.45) is 2.01. The monoisotopic (exact) mass is 287 g/mol. The molecule has 19 heavy (non-hydrogen) atoms. The first kappa shape index (κ1) is 14.2. The SMILES string of the molecule is Nc1ccc(S(=O)(=O)NCC2(O)CCOCC2)cn1. The predicted octanol–water partition coefficient (Wildman–Crippen LogP) is -0.516. The molecular weight excluding hydrogens is 270 g/mol. The second-order valence-corrected chi connectivity index (χ2v) is 6.35. The number of aromatic nitrogens is 1. The van der Waals surface area contributed by atoms with Crippen molar-refractivity contribution >= 4 is 15.8 Å². The molecule has 8 heteroatoms. The fourth-order valence-electron chi connectivity index (χ4n) is 1.79. The Bertz CT molecular complexity index is 523. The summed E-state index contributed by atoms with van der Waals surface area (Å²) in [5.41, 5.74) is 4.35. The number of ether oxygens (including phenoxy) is 1. The Balaban J connectivity index is 2.03. The molecule has 1 aromatic rings. The van der Waals surface area contributed by atoms with Gasteiger partial charge in [0.25, 0.3) is 0 Å². The molecule has 1 fully saturated rings. The van der Waals surface area contributed by atoms with Crippen molar-refractivity contribution in [3.05, 3.63) is 18.3 Å². The first-order valence-electron chi connectivity index (χ1n) is 5.93. The van der Waals surface area contributed by atoms with E-state index in [4.69, 9.17) is 10.5 Å². The maximum Gasteiger partial charge on any atom is 0.242 e. The van der Waals surface area contributed by atoms with Gasteiger partial charge in [0, 0.05) is 38.8 Å². The van der Waals surface area contributed by atoms with Crippen molar-refractivity contribution in [2.45, 2.75) is 23.3 Å². The third-order valence-corrected chi connectivity index (χ3v) is 4.47. The zero-order chi connectivity index (χ0) is 13.9. The molecule has 0 spiro atoms. The van der Waals surface area contributed by atoms with Crippen LogP contribution in [0.4, 0.5) is 5.82 Å². The van der Waals surface area contributed by atoms with Crippen LogP contribution in [-0.2, 0) is 14.8 Å². The predicted molar refractivity (Wildman–Crippen MR) is 68.8 cm³/mol. The van der Waals surface area contributed by atoms with E-state index in [2.05, 4.69) is 9.71 Å². The molecule has 2 heterocycles. The first-order valence-corrected chi connectivity index (χ1v) is 7.41. The molecule has 1 aromatic heterocycles. The number of nitrogens with two attached hydrogens (primary N) is 1. The van der Waals surface area contributed by atoms with Crippen molar-refractivity contribution in [3.63, 3.8) is 0 Å². The lowest BCUT2D eigenvalue weighted by Crippen LogP contribution is -2.46. The molecule has 2 rings (SSSR count). The lowest BCUT2D eigenvalue weighted by molar-refractivity contribution is -0.0588. The van der Waals surface area contributed by atoms with E-state index < -0.39 is 15.6 Å². The van der Waals surface area contributed by atoms with E-state index in [1.807, 2.05) is 0 Å². The number of rotatable bonds is 4. The fourth-order valence-corrected chi connectivity index (χ4v) is 2.86. The van der Waals surface area contributed by atoms with Crippen molar-refractivity contribution in [1.29, 1.82) is 0 Å². The summed E-state index contributed by atoms with van der Waals surface area (Å²) in [4.78, 5) is 3.76. The first-order chi connectivity index (χ1) is 8.91. The van der Waals surface area contributed by atoms with Crippen LogP contribution in [-0.4, -0.2) is 43.9 Å². The van der Waals surface area contributed by atoms with Crippen LogP contribution in [0.1, 0.15) is 12.8 Å². The van der Waals surface area contributed by atoms with Gasteiger partial charge in [-0.05, 0) is 12.1 Å². The summed E-state index contributed by atoms with van der Waals surface area (Å²) in [5, 5.41) is 10.2. The zero-order valence-electron chi connectivity index (χ0n) is 10.4. The number of anilines is 1. The second kappa shape index (κ2) is 5.41. The van der Waals surface area contributed by atoms with Crippen LogP contribution in [0.2, 0.25) is 0 Å². The molecule has 0 atom stereocenters. The lowest BCUT2D eigenvalue weighted by Gasteiger charge is -2.31. The van der Waals surface area contributed by atoms with Gasteiger partial charge < -0.3 is 15.6 Å². The largest absolute Gasteiger partial charge is 0.388 e. The molecule has 0 aliphatic carbocycles. The van der Waals surface area contributed by atoms with Gasteiger partial charge in [-0.2, -0.15) is 0 Å². The minimum atomic E-state index is -3.68. The highest BCUT2D eigenvalue weighted by atomic mass is 32.2. The minimum absolute atomic E-state index is 0.0253. The molecule has 1 saturated heterocycles. The third-order valence-electron chi connectivity index (χ3n) is 3.08. The molecule has 4 N–H and O–H groups in total. The van der Waals surface area contributed by atoms with Crippen molar-refractivity contribution in [2.75, 3.05) is 25.5 Å². The maximum atomic E-state index is 12.0. The average molecular weight is 287 g/mol. The fraction of sp³-hybridized carbons (Fsp3) is 0.545. The van der Waals surface area contributed by atoms with Gasteiger partial charge in [-0.15, -0.1) is 0 Å². The molecule has 0 amide bonds. The zero-order valence-corrected chi connectivity index (χ0v) is 11.2. The van der Waals surface area contributed by atoms with Crippen LogP contribution in [0.3, 0.4) is 0 Å². The van der Waals surface area contributed by atoms with Gasteiger partial charge >= 0.3 is 0 Å². The number of sulfonamides is 1. The number of nitrogens with zero attached hydrogens (tertiary/aromatic N) is 1. The summed E-state index contributed by atoms with van der Waals surface area (Å²) in [6, 6.07) is 2.79. The molecule has 0 unspecified atom stereocenters. The Morgan fingerprint density at radius 3 is 2.68 bits per heavy atom. The van der Waals surface area contributed by atoms with E-state index in [-0.39, 0.29) is 17.3 Å². The Labute approximate surface area is 111 Å². The van der Waals surface area contributed by atoms with Gasteiger partial charge in [-0.25, -0.2) is 18.1 Å². The van der Waals surface area contributed by atoms with Crippen LogP contribution >= 0.6 is 0 Å². The molecular formula is C11H17N3O4S. The molecule has 1 aliphatic heterocycles. The van der Waals surface area contributed by atoms with Crippen LogP contribution in [0, 0.1) is 0 Å². The number of hydrogen-bond acceptors (Lipinski definition) is 6. The molecule has 1 aliphatic rings. The van der Waals surface area contributed by atoms with Gasteiger partial charge in [0.2, 0.25) is 10.0 Å². The Morgan fingerprint density at radius 1 is 1.42 bits per heavy atom. The third kappa shape index (κ3) is 3.63. The van der Waals surface area contributed by atoms with E-state index in [9.17, 15) is 13.5 Å². The van der Waals surface area contributed by atoms with E-state index in [0.29, 0.717) is 26.1 Å². The summed E-state index contributed by atoms with van der Waals surface area (Å²) in [6.45, 7) is 0.826. The highest BCUT2D eigenvalue weighted by Gasteiger charge is 2.31. The Kier molecular flexibility index (Phi) is 4.04. The quantitative estimate of drug-likeness (QED) is 0.686. The van der Waals surface area contributed by atoms with Gasteiger partial charge in [0.15, 0.2) is 0 Å². The average Bonchev–Trinajstić information content (AvgIpc) is 2.38. The summed E-state index contributed by atoms with van der Waals surface area (Å²) in [7, 11) is -3.68.